The lowest BCUT2D eigenvalue weighted by Crippen LogP contribution is -2.24. The van der Waals surface area contributed by atoms with Crippen molar-refractivity contribution in [1.29, 1.82) is 0 Å². The van der Waals surface area contributed by atoms with E-state index in [-0.39, 0.29) is 11.6 Å². The molecular weight excluding hydrogens is 302 g/mol. The first kappa shape index (κ1) is 16.4. The van der Waals surface area contributed by atoms with Crippen LogP contribution in [0.5, 0.6) is 5.75 Å². The quantitative estimate of drug-likeness (QED) is 0.708. The van der Waals surface area contributed by atoms with Crippen molar-refractivity contribution in [3.8, 4) is 5.75 Å². The fraction of sp³-hybridized carbons (Fsp3) is 0.300. The van der Waals surface area contributed by atoms with E-state index in [0.29, 0.717) is 40.7 Å². The van der Waals surface area contributed by atoms with Crippen molar-refractivity contribution >= 4 is 11.6 Å². The minimum Gasteiger partial charge on any atom is -0.494 e. The number of benzene rings is 2. The number of hydrogen-bond acceptors (Lipinski definition) is 4. The van der Waals surface area contributed by atoms with Crippen molar-refractivity contribution in [2.75, 3.05) is 13.2 Å². The van der Waals surface area contributed by atoms with Gasteiger partial charge in [-0.3, -0.25) is 9.59 Å². The number of carbonyl (C=O) groups is 2. The maximum atomic E-state index is 12.6. The first-order chi connectivity index (χ1) is 11.6. The summed E-state index contributed by atoms with van der Waals surface area (Å²) in [5.74, 6) is 0.402. The van der Waals surface area contributed by atoms with E-state index in [2.05, 4.69) is 19.2 Å². The van der Waals surface area contributed by atoms with Crippen LogP contribution in [0.15, 0.2) is 42.5 Å². The Bertz CT molecular complexity index is 780. The lowest BCUT2D eigenvalue weighted by atomic mass is 9.84. The van der Waals surface area contributed by atoms with Crippen molar-refractivity contribution in [2.24, 2.45) is 0 Å². The average Bonchev–Trinajstić information content (AvgIpc) is 2.59. The fourth-order valence-electron chi connectivity index (χ4n) is 2.82. The molecule has 1 aliphatic rings. The molecule has 0 unspecified atom stereocenters. The summed E-state index contributed by atoms with van der Waals surface area (Å²) < 4.78 is 5.72. The summed E-state index contributed by atoms with van der Waals surface area (Å²) >= 11 is 0. The Morgan fingerprint density at radius 2 is 1.54 bits per heavy atom. The molecule has 1 N–H and O–H groups in total. The molecule has 4 heteroatoms. The van der Waals surface area contributed by atoms with Crippen molar-refractivity contribution in [3.63, 3.8) is 0 Å². The monoisotopic (exact) mass is 323 g/mol. The van der Waals surface area contributed by atoms with Gasteiger partial charge in [-0.05, 0) is 31.2 Å². The summed E-state index contributed by atoms with van der Waals surface area (Å²) in [6, 6.07) is 12.5. The molecule has 4 nitrogen and oxygen atoms in total. The Labute approximate surface area is 141 Å². The highest BCUT2D eigenvalue weighted by atomic mass is 16.5. The molecule has 0 amide bonds. The van der Waals surface area contributed by atoms with Gasteiger partial charge in [-0.1, -0.05) is 38.1 Å². The van der Waals surface area contributed by atoms with E-state index < -0.39 is 0 Å². The highest BCUT2D eigenvalue weighted by Gasteiger charge is 2.29. The van der Waals surface area contributed by atoms with E-state index in [0.717, 1.165) is 13.0 Å². The van der Waals surface area contributed by atoms with Gasteiger partial charge in [0.05, 0.1) is 6.61 Å². The first-order valence-corrected chi connectivity index (χ1v) is 8.26. The Morgan fingerprint density at radius 1 is 0.917 bits per heavy atom. The zero-order valence-electron chi connectivity index (χ0n) is 14.0. The Morgan fingerprint density at radius 3 is 2.21 bits per heavy atom. The molecule has 2 aromatic rings. The van der Waals surface area contributed by atoms with Crippen molar-refractivity contribution in [2.45, 2.75) is 26.3 Å². The Balaban J connectivity index is 1.74. The summed E-state index contributed by atoms with van der Waals surface area (Å²) in [7, 11) is 0. The summed E-state index contributed by atoms with van der Waals surface area (Å²) in [5, 5.41) is 3.33. The molecule has 0 heterocycles. The lowest BCUT2D eigenvalue weighted by Gasteiger charge is -2.18. The summed E-state index contributed by atoms with van der Waals surface area (Å²) in [5.41, 5.74) is 1.82. The molecule has 0 fully saturated rings. The summed E-state index contributed by atoms with van der Waals surface area (Å²) in [6.45, 7) is 5.65. The van der Waals surface area contributed by atoms with Gasteiger partial charge in [0.25, 0.3) is 0 Å². The minimum atomic E-state index is -0.118. The molecule has 0 spiro atoms. The highest BCUT2D eigenvalue weighted by molar-refractivity contribution is 6.28. The topological polar surface area (TPSA) is 55.4 Å². The van der Waals surface area contributed by atoms with Crippen LogP contribution in [0.25, 0.3) is 0 Å². The molecule has 0 aliphatic heterocycles. The van der Waals surface area contributed by atoms with E-state index in [1.807, 2.05) is 0 Å². The fourth-order valence-corrected chi connectivity index (χ4v) is 2.82. The predicted octanol–water partition coefficient (Wildman–Crippen LogP) is 3.23. The van der Waals surface area contributed by atoms with E-state index >= 15 is 0 Å². The maximum Gasteiger partial charge on any atom is 0.194 e. The van der Waals surface area contributed by atoms with Gasteiger partial charge >= 0.3 is 0 Å². The third-order valence-electron chi connectivity index (χ3n) is 4.04. The van der Waals surface area contributed by atoms with Crippen LogP contribution >= 0.6 is 0 Å². The molecule has 0 atom stereocenters. The maximum absolute atomic E-state index is 12.6. The second-order valence-electron chi connectivity index (χ2n) is 6.22. The highest BCUT2D eigenvalue weighted by Crippen LogP contribution is 2.29. The number of hydrogen-bond donors (Lipinski definition) is 1. The van der Waals surface area contributed by atoms with Crippen LogP contribution in [0.4, 0.5) is 0 Å². The van der Waals surface area contributed by atoms with Gasteiger partial charge in [0.15, 0.2) is 11.6 Å². The molecular formula is C20H21NO3. The number of ketones is 2. The number of carbonyl (C=O) groups excluding carboxylic acids is 2. The van der Waals surface area contributed by atoms with E-state index in [1.54, 1.807) is 42.5 Å². The van der Waals surface area contributed by atoms with Gasteiger partial charge < -0.3 is 10.1 Å². The van der Waals surface area contributed by atoms with Crippen LogP contribution in [0, 0.1) is 0 Å². The third kappa shape index (κ3) is 3.24. The van der Waals surface area contributed by atoms with Gasteiger partial charge in [-0.15, -0.1) is 0 Å². The molecule has 0 aromatic heterocycles. The smallest absolute Gasteiger partial charge is 0.194 e. The molecule has 2 aromatic carbocycles. The van der Waals surface area contributed by atoms with E-state index in [4.69, 9.17) is 4.74 Å². The second-order valence-corrected chi connectivity index (χ2v) is 6.22. The summed E-state index contributed by atoms with van der Waals surface area (Å²) in [6.07, 6.45) is 0.880. The van der Waals surface area contributed by atoms with E-state index in [9.17, 15) is 9.59 Å². The van der Waals surface area contributed by atoms with Gasteiger partial charge in [0.2, 0.25) is 0 Å². The molecule has 124 valence electrons. The molecule has 24 heavy (non-hydrogen) atoms. The molecule has 0 saturated heterocycles. The molecule has 1 aliphatic carbocycles. The predicted molar refractivity (Wildman–Crippen MR) is 93.0 cm³/mol. The van der Waals surface area contributed by atoms with Crippen molar-refractivity contribution < 1.29 is 14.3 Å². The number of nitrogens with one attached hydrogen (secondary N) is 1. The normalized spacial score (nSPS) is 13.0. The molecule has 0 saturated carbocycles. The average molecular weight is 323 g/mol. The van der Waals surface area contributed by atoms with Gasteiger partial charge in [-0.2, -0.15) is 0 Å². The summed E-state index contributed by atoms with van der Waals surface area (Å²) in [4.78, 5) is 25.2. The van der Waals surface area contributed by atoms with Crippen molar-refractivity contribution in [3.05, 3.63) is 64.7 Å². The number of ether oxygens (including phenoxy) is 1. The van der Waals surface area contributed by atoms with Crippen LogP contribution in [-0.4, -0.2) is 30.8 Å². The third-order valence-corrected chi connectivity index (χ3v) is 4.04. The number of rotatable bonds is 6. The SMILES string of the molecule is CC(C)NCCCOc1ccc2c(c1)C(=O)c1ccccc1C2=O. The van der Waals surface area contributed by atoms with Crippen LogP contribution in [-0.2, 0) is 0 Å². The Hall–Kier alpha value is -2.46. The van der Waals surface area contributed by atoms with Crippen LogP contribution in [0.3, 0.4) is 0 Å². The zero-order chi connectivity index (χ0) is 17.1. The van der Waals surface area contributed by atoms with Crippen LogP contribution in [0.1, 0.15) is 52.1 Å². The minimum absolute atomic E-state index is 0.104. The van der Waals surface area contributed by atoms with E-state index in [1.165, 1.54) is 0 Å². The standard InChI is InChI=1S/C20H21NO3/c1-13(2)21-10-5-11-24-14-8-9-17-18(12-14)20(23)16-7-4-3-6-15(16)19(17)22/h3-4,6-9,12-13,21H,5,10-11H2,1-2H3. The van der Waals surface area contributed by atoms with Crippen LogP contribution in [0.2, 0.25) is 0 Å². The molecule has 0 radical (unpaired) electrons. The van der Waals surface area contributed by atoms with Gasteiger partial charge in [-0.25, -0.2) is 0 Å². The largest absolute Gasteiger partial charge is 0.494 e. The Kier molecular flexibility index (Phi) is 4.76. The second kappa shape index (κ2) is 6.97. The zero-order valence-corrected chi connectivity index (χ0v) is 14.0. The van der Waals surface area contributed by atoms with Crippen LogP contribution < -0.4 is 10.1 Å². The number of fused-ring (bicyclic) bond motifs is 2. The molecule has 3 rings (SSSR count). The molecule has 0 bridgehead atoms. The first-order valence-electron chi connectivity index (χ1n) is 8.26. The lowest BCUT2D eigenvalue weighted by molar-refractivity contribution is 0.0978. The van der Waals surface area contributed by atoms with Crippen molar-refractivity contribution in [1.82, 2.24) is 5.32 Å². The van der Waals surface area contributed by atoms with Gasteiger partial charge in [0, 0.05) is 28.3 Å². The van der Waals surface area contributed by atoms with Gasteiger partial charge in [0.1, 0.15) is 5.75 Å².